The molecule has 0 aliphatic heterocycles. The van der Waals surface area contributed by atoms with Gasteiger partial charge in [-0.3, -0.25) is 0 Å². The van der Waals surface area contributed by atoms with Gasteiger partial charge in [-0.05, 0) is 61.8 Å². The van der Waals surface area contributed by atoms with Crippen molar-refractivity contribution in [2.24, 2.45) is 5.92 Å². The van der Waals surface area contributed by atoms with E-state index in [1.807, 2.05) is 0 Å². The van der Waals surface area contributed by atoms with E-state index < -0.39 is 0 Å². The van der Waals surface area contributed by atoms with Crippen molar-refractivity contribution in [2.75, 3.05) is 13.7 Å². The Morgan fingerprint density at radius 2 is 1.81 bits per heavy atom. The van der Waals surface area contributed by atoms with E-state index in [1.165, 1.54) is 63.5 Å². The SMILES string of the molecule is COc1ccc(C2CC(NCCCC3CCCC3)C2)cc1. The van der Waals surface area contributed by atoms with Gasteiger partial charge in [-0.25, -0.2) is 0 Å². The fourth-order valence-electron chi connectivity index (χ4n) is 3.93. The van der Waals surface area contributed by atoms with Crippen LogP contribution in [-0.4, -0.2) is 19.7 Å². The summed E-state index contributed by atoms with van der Waals surface area (Å²) in [6.07, 6.45) is 11.3. The van der Waals surface area contributed by atoms with Crippen molar-refractivity contribution in [1.29, 1.82) is 0 Å². The van der Waals surface area contributed by atoms with Gasteiger partial charge in [-0.2, -0.15) is 0 Å². The van der Waals surface area contributed by atoms with Crippen LogP contribution in [0.1, 0.15) is 62.8 Å². The van der Waals surface area contributed by atoms with Gasteiger partial charge in [0.15, 0.2) is 0 Å². The van der Waals surface area contributed by atoms with Gasteiger partial charge >= 0.3 is 0 Å². The van der Waals surface area contributed by atoms with Gasteiger partial charge in [-0.15, -0.1) is 0 Å². The second-order valence-corrected chi connectivity index (χ2v) is 6.89. The maximum absolute atomic E-state index is 5.22. The lowest BCUT2D eigenvalue weighted by Gasteiger charge is -2.36. The van der Waals surface area contributed by atoms with E-state index >= 15 is 0 Å². The van der Waals surface area contributed by atoms with Gasteiger partial charge < -0.3 is 10.1 Å². The molecule has 0 amide bonds. The zero-order chi connectivity index (χ0) is 14.5. The molecule has 0 aromatic heterocycles. The summed E-state index contributed by atoms with van der Waals surface area (Å²) in [5.74, 6) is 2.75. The van der Waals surface area contributed by atoms with Crippen molar-refractivity contribution in [3.05, 3.63) is 29.8 Å². The van der Waals surface area contributed by atoms with Crippen LogP contribution in [0.3, 0.4) is 0 Å². The molecule has 1 aromatic carbocycles. The summed E-state index contributed by atoms with van der Waals surface area (Å²) in [6, 6.07) is 9.36. The normalized spacial score (nSPS) is 25.8. The molecule has 0 heterocycles. The maximum Gasteiger partial charge on any atom is 0.118 e. The fourth-order valence-corrected chi connectivity index (χ4v) is 3.93. The van der Waals surface area contributed by atoms with Gasteiger partial charge in [0.1, 0.15) is 5.75 Å². The summed E-state index contributed by atoms with van der Waals surface area (Å²) in [4.78, 5) is 0. The molecule has 0 radical (unpaired) electrons. The highest BCUT2D eigenvalue weighted by atomic mass is 16.5. The van der Waals surface area contributed by atoms with Crippen LogP contribution in [0.25, 0.3) is 0 Å². The molecule has 2 aliphatic carbocycles. The van der Waals surface area contributed by atoms with Crippen molar-refractivity contribution < 1.29 is 4.74 Å². The van der Waals surface area contributed by atoms with Gasteiger partial charge in [-0.1, -0.05) is 37.8 Å². The molecule has 0 atom stereocenters. The quantitative estimate of drug-likeness (QED) is 0.745. The lowest BCUT2D eigenvalue weighted by molar-refractivity contribution is 0.287. The van der Waals surface area contributed by atoms with E-state index in [9.17, 15) is 0 Å². The van der Waals surface area contributed by atoms with Crippen LogP contribution in [0.15, 0.2) is 24.3 Å². The average Bonchev–Trinajstić information content (AvgIpc) is 2.99. The van der Waals surface area contributed by atoms with Crippen LogP contribution in [0, 0.1) is 5.92 Å². The summed E-state index contributed by atoms with van der Waals surface area (Å²) < 4.78 is 5.22. The van der Waals surface area contributed by atoms with Crippen LogP contribution >= 0.6 is 0 Å². The number of rotatable bonds is 7. The minimum atomic E-state index is 0.751. The Morgan fingerprint density at radius 1 is 1.10 bits per heavy atom. The second-order valence-electron chi connectivity index (χ2n) is 6.89. The topological polar surface area (TPSA) is 21.3 Å². The number of hydrogen-bond acceptors (Lipinski definition) is 2. The minimum Gasteiger partial charge on any atom is -0.497 e. The zero-order valence-corrected chi connectivity index (χ0v) is 13.3. The smallest absolute Gasteiger partial charge is 0.118 e. The highest BCUT2D eigenvalue weighted by molar-refractivity contribution is 5.30. The van der Waals surface area contributed by atoms with Crippen LogP contribution in [-0.2, 0) is 0 Å². The van der Waals surface area contributed by atoms with E-state index in [0.29, 0.717) is 0 Å². The van der Waals surface area contributed by atoms with E-state index in [-0.39, 0.29) is 0 Å². The van der Waals surface area contributed by atoms with E-state index in [2.05, 4.69) is 29.6 Å². The van der Waals surface area contributed by atoms with Crippen molar-refractivity contribution in [1.82, 2.24) is 5.32 Å². The molecule has 1 aromatic rings. The van der Waals surface area contributed by atoms with Crippen molar-refractivity contribution >= 4 is 0 Å². The third kappa shape index (κ3) is 4.00. The number of ether oxygens (including phenoxy) is 1. The van der Waals surface area contributed by atoms with Crippen LogP contribution in [0.5, 0.6) is 5.75 Å². The first kappa shape index (κ1) is 14.9. The molecular weight excluding hydrogens is 258 g/mol. The average molecular weight is 287 g/mol. The van der Waals surface area contributed by atoms with Crippen molar-refractivity contribution in [3.63, 3.8) is 0 Å². The molecule has 2 heteroatoms. The van der Waals surface area contributed by atoms with Gasteiger partial charge in [0.05, 0.1) is 7.11 Å². The summed E-state index contributed by atoms with van der Waals surface area (Å²) in [5, 5.41) is 3.74. The van der Waals surface area contributed by atoms with Gasteiger partial charge in [0, 0.05) is 6.04 Å². The van der Waals surface area contributed by atoms with Crippen LogP contribution in [0.2, 0.25) is 0 Å². The highest BCUT2D eigenvalue weighted by Gasteiger charge is 2.29. The molecule has 2 aliphatic rings. The number of nitrogens with one attached hydrogen (secondary N) is 1. The Labute approximate surface area is 129 Å². The van der Waals surface area contributed by atoms with Crippen molar-refractivity contribution in [3.8, 4) is 5.75 Å². The predicted octanol–water partition coefficient (Wildman–Crippen LogP) is 4.50. The number of methoxy groups -OCH3 is 1. The van der Waals surface area contributed by atoms with Crippen LogP contribution in [0.4, 0.5) is 0 Å². The fraction of sp³-hybridized carbons (Fsp3) is 0.684. The third-order valence-corrected chi connectivity index (χ3v) is 5.42. The Kier molecular flexibility index (Phi) is 5.18. The molecule has 0 spiro atoms. The molecule has 0 unspecified atom stereocenters. The van der Waals surface area contributed by atoms with Crippen molar-refractivity contribution in [2.45, 2.75) is 63.3 Å². The number of benzene rings is 1. The molecule has 1 N–H and O–H groups in total. The van der Waals surface area contributed by atoms with Gasteiger partial charge in [0.25, 0.3) is 0 Å². The molecule has 2 saturated carbocycles. The summed E-state index contributed by atoms with van der Waals surface area (Å²) in [5.41, 5.74) is 1.47. The molecule has 2 nitrogen and oxygen atoms in total. The molecular formula is C19H29NO. The summed E-state index contributed by atoms with van der Waals surface area (Å²) >= 11 is 0. The van der Waals surface area contributed by atoms with E-state index in [1.54, 1.807) is 7.11 Å². The first-order chi connectivity index (χ1) is 10.3. The minimum absolute atomic E-state index is 0.751. The first-order valence-electron chi connectivity index (χ1n) is 8.72. The summed E-state index contributed by atoms with van der Waals surface area (Å²) in [6.45, 7) is 1.22. The first-order valence-corrected chi connectivity index (χ1v) is 8.72. The Hall–Kier alpha value is -1.02. The van der Waals surface area contributed by atoms with Gasteiger partial charge in [0.2, 0.25) is 0 Å². The predicted molar refractivity (Wildman–Crippen MR) is 88.0 cm³/mol. The molecule has 0 bridgehead atoms. The Bertz CT molecular complexity index is 416. The number of hydrogen-bond donors (Lipinski definition) is 1. The highest BCUT2D eigenvalue weighted by Crippen LogP contribution is 2.37. The zero-order valence-electron chi connectivity index (χ0n) is 13.3. The summed E-state index contributed by atoms with van der Waals surface area (Å²) in [7, 11) is 1.73. The molecule has 3 rings (SSSR count). The third-order valence-electron chi connectivity index (χ3n) is 5.42. The lowest BCUT2D eigenvalue weighted by Crippen LogP contribution is -2.40. The van der Waals surface area contributed by atoms with E-state index in [0.717, 1.165) is 23.6 Å². The monoisotopic (exact) mass is 287 g/mol. The molecule has 0 saturated heterocycles. The maximum atomic E-state index is 5.22. The molecule has 2 fully saturated rings. The molecule has 21 heavy (non-hydrogen) atoms. The second kappa shape index (κ2) is 7.31. The standard InChI is InChI=1S/C19H29NO/c1-21-19-10-8-16(9-11-19)17-13-18(14-17)20-12-4-7-15-5-2-3-6-15/h8-11,15,17-18,20H,2-7,12-14H2,1H3. The van der Waals surface area contributed by atoms with E-state index in [4.69, 9.17) is 4.74 Å². The van der Waals surface area contributed by atoms with Crippen LogP contribution < -0.4 is 10.1 Å². The molecule has 116 valence electrons. The largest absolute Gasteiger partial charge is 0.497 e. The Morgan fingerprint density at radius 3 is 2.48 bits per heavy atom. The lowest BCUT2D eigenvalue weighted by atomic mass is 9.76. The Balaban J connectivity index is 1.30.